The highest BCUT2D eigenvalue weighted by Gasteiger charge is 2.24. The molecule has 0 saturated heterocycles. The zero-order valence-electron chi connectivity index (χ0n) is 25.1. The maximum absolute atomic E-state index is 6.66. The van der Waals surface area contributed by atoms with Crippen LogP contribution in [0.1, 0.15) is 61.8 Å². The van der Waals surface area contributed by atoms with Crippen LogP contribution >= 0.6 is 0 Å². The van der Waals surface area contributed by atoms with Crippen LogP contribution in [0.3, 0.4) is 0 Å². The van der Waals surface area contributed by atoms with Gasteiger partial charge in [0.1, 0.15) is 11.4 Å². The number of furan rings is 1. The molecule has 0 amide bonds. The highest BCUT2D eigenvalue weighted by Crippen LogP contribution is 2.41. The SMILES string of the molecule is Cc1cccc(C)c1-c1ccc2c(n1)oc1c(-c3nc4ccccc4n3-c3c(C(C)C)cccc3C(C)C)cccc12. The highest BCUT2D eigenvalue weighted by atomic mass is 16.3. The van der Waals surface area contributed by atoms with Crippen LogP contribution in [-0.4, -0.2) is 14.5 Å². The average molecular weight is 550 g/mol. The number of fused-ring (bicyclic) bond motifs is 4. The lowest BCUT2D eigenvalue weighted by atomic mass is 9.92. The lowest BCUT2D eigenvalue weighted by Gasteiger charge is -2.22. The second-order valence-electron chi connectivity index (χ2n) is 12.0. The molecule has 7 rings (SSSR count). The normalized spacial score (nSPS) is 12.0. The van der Waals surface area contributed by atoms with Crippen molar-refractivity contribution in [2.24, 2.45) is 0 Å². The lowest BCUT2D eigenvalue weighted by molar-refractivity contribution is 0.655. The Balaban J connectivity index is 1.53. The molecule has 0 aliphatic rings. The number of rotatable bonds is 5. The number of aryl methyl sites for hydroxylation is 2. The molecular weight excluding hydrogens is 514 g/mol. The van der Waals surface area contributed by atoms with Gasteiger partial charge in [0.2, 0.25) is 5.71 Å². The van der Waals surface area contributed by atoms with E-state index in [0.717, 1.165) is 50.0 Å². The van der Waals surface area contributed by atoms with Crippen molar-refractivity contribution in [1.29, 1.82) is 0 Å². The van der Waals surface area contributed by atoms with Crippen molar-refractivity contribution in [2.75, 3.05) is 0 Å². The zero-order chi connectivity index (χ0) is 29.1. The number of aromatic nitrogens is 3. The van der Waals surface area contributed by atoms with Gasteiger partial charge in [0.05, 0.1) is 28.0 Å². The fourth-order valence-electron chi connectivity index (χ4n) is 6.42. The second kappa shape index (κ2) is 9.99. The molecule has 42 heavy (non-hydrogen) atoms. The van der Waals surface area contributed by atoms with E-state index < -0.39 is 0 Å². The number of pyridine rings is 1. The van der Waals surface area contributed by atoms with Gasteiger partial charge in [-0.3, -0.25) is 4.57 Å². The van der Waals surface area contributed by atoms with Crippen LogP contribution < -0.4 is 0 Å². The van der Waals surface area contributed by atoms with Gasteiger partial charge in [0.25, 0.3) is 0 Å². The summed E-state index contributed by atoms with van der Waals surface area (Å²) < 4.78 is 9.02. The molecular formula is C38H35N3O. The molecule has 0 aliphatic carbocycles. The predicted molar refractivity (Wildman–Crippen MR) is 175 cm³/mol. The van der Waals surface area contributed by atoms with Gasteiger partial charge in [-0.2, -0.15) is 0 Å². The van der Waals surface area contributed by atoms with Crippen LogP contribution in [-0.2, 0) is 0 Å². The van der Waals surface area contributed by atoms with E-state index in [0.29, 0.717) is 17.5 Å². The van der Waals surface area contributed by atoms with Crippen molar-refractivity contribution in [3.05, 3.63) is 113 Å². The predicted octanol–water partition coefficient (Wildman–Crippen LogP) is 10.5. The first-order valence-electron chi connectivity index (χ1n) is 14.8. The number of nitrogens with zero attached hydrogens (tertiary/aromatic N) is 3. The number of para-hydroxylation sites is 4. The number of imidazole rings is 1. The van der Waals surface area contributed by atoms with Crippen molar-refractivity contribution in [2.45, 2.75) is 53.4 Å². The third-order valence-electron chi connectivity index (χ3n) is 8.47. The van der Waals surface area contributed by atoms with Crippen LogP contribution in [0.4, 0.5) is 0 Å². The first kappa shape index (κ1) is 26.2. The molecule has 0 radical (unpaired) electrons. The van der Waals surface area contributed by atoms with Crippen LogP contribution in [0.5, 0.6) is 0 Å². The van der Waals surface area contributed by atoms with Crippen LogP contribution in [0.25, 0.3) is 61.4 Å². The fourth-order valence-corrected chi connectivity index (χ4v) is 6.42. The smallest absolute Gasteiger partial charge is 0.227 e. The van der Waals surface area contributed by atoms with Crippen LogP contribution in [0.2, 0.25) is 0 Å². The van der Waals surface area contributed by atoms with E-state index in [2.05, 4.69) is 137 Å². The third kappa shape index (κ3) is 4.05. The zero-order valence-corrected chi connectivity index (χ0v) is 25.1. The van der Waals surface area contributed by atoms with Crippen molar-refractivity contribution < 1.29 is 4.42 Å². The van der Waals surface area contributed by atoms with Crippen molar-refractivity contribution in [3.8, 4) is 28.3 Å². The molecule has 0 spiro atoms. The number of hydrogen-bond acceptors (Lipinski definition) is 3. The summed E-state index contributed by atoms with van der Waals surface area (Å²) in [7, 11) is 0. The van der Waals surface area contributed by atoms with Crippen molar-refractivity contribution in [3.63, 3.8) is 0 Å². The molecule has 3 heterocycles. The molecule has 3 aromatic heterocycles. The molecule has 0 unspecified atom stereocenters. The minimum Gasteiger partial charge on any atom is -0.437 e. The summed E-state index contributed by atoms with van der Waals surface area (Å²) in [6.45, 7) is 13.3. The Bertz CT molecular complexity index is 2080. The van der Waals surface area contributed by atoms with Crippen molar-refractivity contribution >= 4 is 33.1 Å². The molecule has 0 atom stereocenters. The van der Waals surface area contributed by atoms with Gasteiger partial charge >= 0.3 is 0 Å². The second-order valence-corrected chi connectivity index (χ2v) is 12.0. The molecule has 4 nitrogen and oxygen atoms in total. The molecule has 0 bridgehead atoms. The topological polar surface area (TPSA) is 43.9 Å². The van der Waals surface area contributed by atoms with Crippen LogP contribution in [0.15, 0.2) is 95.4 Å². The van der Waals surface area contributed by atoms with Gasteiger partial charge in [0, 0.05) is 16.3 Å². The first-order chi connectivity index (χ1) is 20.3. The number of hydrogen-bond donors (Lipinski definition) is 0. The van der Waals surface area contributed by atoms with Crippen LogP contribution in [0, 0.1) is 13.8 Å². The Labute approximate surface area is 246 Å². The van der Waals surface area contributed by atoms with E-state index in [1.165, 1.54) is 27.9 Å². The van der Waals surface area contributed by atoms with Gasteiger partial charge in [-0.15, -0.1) is 0 Å². The van der Waals surface area contributed by atoms with Gasteiger partial charge in [0.15, 0.2) is 0 Å². The number of benzene rings is 4. The first-order valence-corrected chi connectivity index (χ1v) is 14.8. The Morgan fingerprint density at radius 2 is 1.31 bits per heavy atom. The minimum atomic E-state index is 0.349. The van der Waals surface area contributed by atoms with E-state index in [4.69, 9.17) is 14.4 Å². The van der Waals surface area contributed by atoms with E-state index in [9.17, 15) is 0 Å². The van der Waals surface area contributed by atoms with E-state index in [1.807, 2.05) is 0 Å². The molecule has 0 N–H and O–H groups in total. The Kier molecular flexibility index (Phi) is 6.23. The van der Waals surface area contributed by atoms with E-state index in [-0.39, 0.29) is 0 Å². The summed E-state index contributed by atoms with van der Waals surface area (Å²) >= 11 is 0. The molecule has 4 aromatic carbocycles. The van der Waals surface area contributed by atoms with Gasteiger partial charge in [-0.05, 0) is 78.3 Å². The van der Waals surface area contributed by atoms with E-state index >= 15 is 0 Å². The lowest BCUT2D eigenvalue weighted by Crippen LogP contribution is -2.08. The highest BCUT2D eigenvalue weighted by molar-refractivity contribution is 6.09. The molecule has 0 fully saturated rings. The standard InChI is InChI=1S/C38H35N3O/c1-22(2)26-14-10-15-27(23(3)4)35(26)41-33-19-8-7-18-31(33)39-37(41)30-17-11-16-28-29-20-21-32(40-38(29)42-36(28)30)34-24(5)12-9-13-25(34)6/h7-23H,1-6H3. The quantitative estimate of drug-likeness (QED) is 0.214. The molecule has 208 valence electrons. The molecule has 7 aromatic rings. The summed E-state index contributed by atoms with van der Waals surface area (Å²) in [6, 6.07) is 32.1. The Morgan fingerprint density at radius 1 is 0.643 bits per heavy atom. The maximum atomic E-state index is 6.66. The summed E-state index contributed by atoms with van der Waals surface area (Å²) in [5.41, 5.74) is 12.8. The average Bonchev–Trinajstić information content (AvgIpc) is 3.54. The Morgan fingerprint density at radius 3 is 2.02 bits per heavy atom. The largest absolute Gasteiger partial charge is 0.437 e. The van der Waals surface area contributed by atoms with Gasteiger partial charge in [-0.25, -0.2) is 9.97 Å². The Hall–Kier alpha value is -4.70. The molecule has 4 heteroatoms. The van der Waals surface area contributed by atoms with Gasteiger partial charge in [-0.1, -0.05) is 88.4 Å². The van der Waals surface area contributed by atoms with Crippen molar-refractivity contribution in [1.82, 2.24) is 14.5 Å². The summed E-state index contributed by atoms with van der Waals surface area (Å²) in [5.74, 6) is 1.58. The van der Waals surface area contributed by atoms with E-state index in [1.54, 1.807) is 0 Å². The monoisotopic (exact) mass is 549 g/mol. The summed E-state index contributed by atoms with van der Waals surface area (Å²) in [6.07, 6.45) is 0. The summed E-state index contributed by atoms with van der Waals surface area (Å²) in [5, 5.41) is 2.05. The maximum Gasteiger partial charge on any atom is 0.227 e. The fraction of sp³-hybridized carbons (Fsp3) is 0.211. The summed E-state index contributed by atoms with van der Waals surface area (Å²) in [4.78, 5) is 10.3. The molecule has 0 aliphatic heterocycles. The minimum absolute atomic E-state index is 0.349. The van der Waals surface area contributed by atoms with Gasteiger partial charge < -0.3 is 4.42 Å². The third-order valence-corrected chi connectivity index (χ3v) is 8.47. The molecule has 0 saturated carbocycles.